The molecule has 2 fully saturated rings. The SMILES string of the molecule is C=C[C@@](C)(O)C/C=C1/[C@@](C)(OO)CC[C@H]2C(C)(C)CCC[C@]12C. The van der Waals surface area contributed by atoms with Gasteiger partial charge in [0.2, 0.25) is 0 Å². The van der Waals surface area contributed by atoms with Gasteiger partial charge >= 0.3 is 0 Å². The maximum Gasteiger partial charge on any atom is 0.122 e. The van der Waals surface area contributed by atoms with Gasteiger partial charge < -0.3 is 5.11 Å². The van der Waals surface area contributed by atoms with Gasteiger partial charge in [0.05, 0.1) is 5.60 Å². The summed E-state index contributed by atoms with van der Waals surface area (Å²) in [6, 6.07) is 0. The molecule has 23 heavy (non-hydrogen) atoms. The molecule has 0 amide bonds. The van der Waals surface area contributed by atoms with Crippen LogP contribution in [0.2, 0.25) is 0 Å². The van der Waals surface area contributed by atoms with Gasteiger partial charge in [-0.15, -0.1) is 6.58 Å². The number of hydrogen-bond donors (Lipinski definition) is 2. The lowest BCUT2D eigenvalue weighted by molar-refractivity contribution is -0.318. The molecule has 132 valence electrons. The molecule has 0 spiro atoms. The van der Waals surface area contributed by atoms with E-state index in [2.05, 4.69) is 33.4 Å². The Bertz CT molecular complexity index is 491. The average Bonchev–Trinajstić information content (AvgIpc) is 2.45. The molecule has 3 heteroatoms. The summed E-state index contributed by atoms with van der Waals surface area (Å²) in [5.74, 6) is 0.576. The van der Waals surface area contributed by atoms with Crippen LogP contribution in [0.15, 0.2) is 24.3 Å². The molecule has 0 saturated heterocycles. The van der Waals surface area contributed by atoms with E-state index in [4.69, 9.17) is 4.89 Å². The van der Waals surface area contributed by atoms with Crippen LogP contribution in [-0.4, -0.2) is 21.6 Å². The molecular formula is C20H34O3. The second kappa shape index (κ2) is 6.02. The lowest BCUT2D eigenvalue weighted by Crippen LogP contribution is -2.53. The zero-order chi connectivity index (χ0) is 17.5. The smallest absolute Gasteiger partial charge is 0.122 e. The molecule has 3 nitrogen and oxygen atoms in total. The molecule has 0 aromatic rings. The van der Waals surface area contributed by atoms with Crippen molar-refractivity contribution >= 4 is 0 Å². The van der Waals surface area contributed by atoms with Crippen LogP contribution >= 0.6 is 0 Å². The Morgan fingerprint density at radius 2 is 1.91 bits per heavy atom. The van der Waals surface area contributed by atoms with E-state index in [0.29, 0.717) is 17.8 Å². The Balaban J connectivity index is 2.46. The fourth-order valence-corrected chi connectivity index (χ4v) is 5.25. The minimum Gasteiger partial charge on any atom is -0.386 e. The Hall–Kier alpha value is -0.640. The summed E-state index contributed by atoms with van der Waals surface area (Å²) in [5, 5.41) is 19.9. The van der Waals surface area contributed by atoms with Crippen molar-refractivity contribution in [3.63, 3.8) is 0 Å². The maximum atomic E-state index is 10.3. The first-order valence-electron chi connectivity index (χ1n) is 8.90. The number of aliphatic hydroxyl groups is 1. The highest BCUT2D eigenvalue weighted by molar-refractivity contribution is 5.30. The minimum absolute atomic E-state index is 0.00866. The van der Waals surface area contributed by atoms with E-state index in [0.717, 1.165) is 24.8 Å². The lowest BCUT2D eigenvalue weighted by atomic mass is 9.47. The highest BCUT2D eigenvalue weighted by Gasteiger charge is 2.56. The van der Waals surface area contributed by atoms with Crippen LogP contribution in [0.25, 0.3) is 0 Å². The highest BCUT2D eigenvalue weighted by atomic mass is 17.1. The summed E-state index contributed by atoms with van der Waals surface area (Å²) in [7, 11) is 0. The van der Waals surface area contributed by atoms with Crippen molar-refractivity contribution in [3.8, 4) is 0 Å². The van der Waals surface area contributed by atoms with Crippen LogP contribution < -0.4 is 0 Å². The van der Waals surface area contributed by atoms with Crippen molar-refractivity contribution in [2.24, 2.45) is 16.7 Å². The topological polar surface area (TPSA) is 49.7 Å². The van der Waals surface area contributed by atoms with Crippen molar-refractivity contribution in [1.82, 2.24) is 0 Å². The molecule has 4 atom stereocenters. The monoisotopic (exact) mass is 322 g/mol. The summed E-state index contributed by atoms with van der Waals surface area (Å²) >= 11 is 0. The van der Waals surface area contributed by atoms with Gasteiger partial charge in [-0.3, -0.25) is 5.26 Å². The highest BCUT2D eigenvalue weighted by Crippen LogP contribution is 2.62. The van der Waals surface area contributed by atoms with Crippen molar-refractivity contribution in [2.45, 2.75) is 84.3 Å². The van der Waals surface area contributed by atoms with E-state index in [1.807, 2.05) is 6.92 Å². The molecule has 0 bridgehead atoms. The molecule has 2 aliphatic carbocycles. The Labute approximate surface area is 141 Å². The summed E-state index contributed by atoms with van der Waals surface area (Å²) in [6.45, 7) is 14.5. The molecular weight excluding hydrogens is 288 g/mol. The molecule has 0 aromatic heterocycles. The second-order valence-corrected chi connectivity index (χ2v) is 9.06. The number of fused-ring (bicyclic) bond motifs is 1. The molecule has 0 heterocycles. The number of hydrogen-bond acceptors (Lipinski definition) is 3. The van der Waals surface area contributed by atoms with Gasteiger partial charge in [-0.25, -0.2) is 4.89 Å². The zero-order valence-corrected chi connectivity index (χ0v) is 15.5. The van der Waals surface area contributed by atoms with Gasteiger partial charge in [0.25, 0.3) is 0 Å². The van der Waals surface area contributed by atoms with Gasteiger partial charge in [-0.05, 0) is 68.3 Å². The predicted molar refractivity (Wildman–Crippen MR) is 94.1 cm³/mol. The zero-order valence-electron chi connectivity index (χ0n) is 15.5. The van der Waals surface area contributed by atoms with Crippen molar-refractivity contribution < 1.29 is 15.3 Å². The number of rotatable bonds is 4. The van der Waals surface area contributed by atoms with Crippen LogP contribution in [0.4, 0.5) is 0 Å². The first-order valence-corrected chi connectivity index (χ1v) is 8.90. The third-order valence-corrected chi connectivity index (χ3v) is 6.69. The Morgan fingerprint density at radius 1 is 1.26 bits per heavy atom. The van der Waals surface area contributed by atoms with Gasteiger partial charge in [0.15, 0.2) is 0 Å². The van der Waals surface area contributed by atoms with Crippen molar-refractivity contribution in [2.75, 3.05) is 0 Å². The molecule has 2 N–H and O–H groups in total. The fraction of sp³-hybridized carbons (Fsp3) is 0.800. The van der Waals surface area contributed by atoms with E-state index in [1.165, 1.54) is 12.8 Å². The first kappa shape index (κ1) is 18.7. The molecule has 0 unspecified atom stereocenters. The van der Waals surface area contributed by atoms with E-state index < -0.39 is 11.2 Å². The van der Waals surface area contributed by atoms with Gasteiger partial charge in [0.1, 0.15) is 5.60 Å². The summed E-state index contributed by atoms with van der Waals surface area (Å²) < 4.78 is 0. The summed E-state index contributed by atoms with van der Waals surface area (Å²) in [6.07, 6.45) is 9.61. The quantitative estimate of drug-likeness (QED) is 0.429. The normalized spacial score (nSPS) is 41.2. The van der Waals surface area contributed by atoms with Crippen LogP contribution in [0.1, 0.15) is 73.1 Å². The largest absolute Gasteiger partial charge is 0.386 e. The predicted octanol–water partition coefficient (Wildman–Crippen LogP) is 5.11. The molecule has 0 aromatic carbocycles. The fourth-order valence-electron chi connectivity index (χ4n) is 5.25. The summed E-state index contributed by atoms with van der Waals surface area (Å²) in [5.41, 5.74) is -0.135. The van der Waals surface area contributed by atoms with E-state index in [-0.39, 0.29) is 5.41 Å². The third kappa shape index (κ3) is 3.29. The third-order valence-electron chi connectivity index (χ3n) is 6.69. The second-order valence-electron chi connectivity index (χ2n) is 9.06. The van der Waals surface area contributed by atoms with Crippen LogP contribution in [0.5, 0.6) is 0 Å². The van der Waals surface area contributed by atoms with Crippen molar-refractivity contribution in [3.05, 3.63) is 24.3 Å². The van der Waals surface area contributed by atoms with Gasteiger partial charge in [-0.1, -0.05) is 39.3 Å². The lowest BCUT2D eigenvalue weighted by Gasteiger charge is -2.58. The standard InChI is InChI=1S/C20H34O3/c1-7-18(4,21)13-9-16-19(5)12-8-11-17(2,3)15(19)10-14-20(16,6)23-22/h7,9,15,21-22H,1,8,10-14H2,2-6H3/b16-9+/t15-,18+,19-,20-/m0/s1. The van der Waals surface area contributed by atoms with E-state index >= 15 is 0 Å². The molecule has 2 aliphatic rings. The average molecular weight is 322 g/mol. The van der Waals surface area contributed by atoms with Crippen molar-refractivity contribution in [1.29, 1.82) is 0 Å². The Kier molecular flexibility index (Phi) is 4.89. The molecule has 2 rings (SSSR count). The minimum atomic E-state index is -0.934. The van der Waals surface area contributed by atoms with Crippen LogP contribution in [-0.2, 0) is 4.89 Å². The Morgan fingerprint density at radius 3 is 2.48 bits per heavy atom. The molecule has 0 aliphatic heterocycles. The maximum absolute atomic E-state index is 10.3. The van der Waals surface area contributed by atoms with Gasteiger partial charge in [-0.2, -0.15) is 0 Å². The van der Waals surface area contributed by atoms with E-state index in [1.54, 1.807) is 13.0 Å². The van der Waals surface area contributed by atoms with Crippen LogP contribution in [0, 0.1) is 16.7 Å². The van der Waals surface area contributed by atoms with Crippen LogP contribution in [0.3, 0.4) is 0 Å². The summed E-state index contributed by atoms with van der Waals surface area (Å²) in [4.78, 5) is 5.00. The van der Waals surface area contributed by atoms with Gasteiger partial charge in [0, 0.05) is 0 Å². The van der Waals surface area contributed by atoms with E-state index in [9.17, 15) is 10.4 Å². The first-order chi connectivity index (χ1) is 10.5. The molecule has 2 saturated carbocycles. The molecule has 0 radical (unpaired) electrons.